The van der Waals surface area contributed by atoms with Crippen LogP contribution in [0.1, 0.15) is 52.9 Å². The number of esters is 1. The van der Waals surface area contributed by atoms with Crippen LogP contribution in [0.25, 0.3) is 22.6 Å². The Morgan fingerprint density at radius 3 is 2.71 bits per heavy atom. The zero-order valence-corrected chi connectivity index (χ0v) is 19.4. The third-order valence-electron chi connectivity index (χ3n) is 6.92. The lowest BCUT2D eigenvalue weighted by Gasteiger charge is -2.26. The Morgan fingerprint density at radius 2 is 1.83 bits per heavy atom. The first-order chi connectivity index (χ1) is 17.2. The molecule has 1 aliphatic carbocycles. The van der Waals surface area contributed by atoms with Crippen LogP contribution in [0, 0.1) is 0 Å². The van der Waals surface area contributed by atoms with Crippen molar-refractivity contribution in [2.24, 2.45) is 0 Å². The Kier molecular flexibility index (Phi) is 5.60. The van der Waals surface area contributed by atoms with Gasteiger partial charge >= 0.3 is 5.97 Å². The number of benzene rings is 2. The molecule has 1 saturated heterocycles. The lowest BCUT2D eigenvalue weighted by molar-refractivity contribution is -0.135. The van der Waals surface area contributed by atoms with Crippen molar-refractivity contribution in [2.45, 2.75) is 32.1 Å². The highest BCUT2D eigenvalue weighted by atomic mass is 16.7. The Hall–Kier alpha value is -3.87. The summed E-state index contributed by atoms with van der Waals surface area (Å²) in [5.41, 5.74) is 5.00. The number of carbonyl (C=O) groups excluding carboxylic acids is 2. The monoisotopic (exact) mass is 470 g/mol. The van der Waals surface area contributed by atoms with E-state index in [0.717, 1.165) is 83.6 Å². The third-order valence-corrected chi connectivity index (χ3v) is 6.92. The van der Waals surface area contributed by atoms with Crippen LogP contribution in [0.2, 0.25) is 0 Å². The maximum Gasteiger partial charge on any atom is 0.339 e. The van der Waals surface area contributed by atoms with Crippen molar-refractivity contribution >= 4 is 34.4 Å². The predicted molar refractivity (Wildman–Crippen MR) is 131 cm³/mol. The van der Waals surface area contributed by atoms with Crippen molar-refractivity contribution in [3.63, 3.8) is 0 Å². The van der Waals surface area contributed by atoms with Crippen molar-refractivity contribution in [2.75, 3.05) is 26.5 Å². The van der Waals surface area contributed by atoms with E-state index >= 15 is 0 Å². The van der Waals surface area contributed by atoms with Crippen molar-refractivity contribution in [1.29, 1.82) is 0 Å². The number of pyridine rings is 1. The van der Waals surface area contributed by atoms with Gasteiger partial charge in [-0.25, -0.2) is 9.78 Å². The highest BCUT2D eigenvalue weighted by Crippen LogP contribution is 2.39. The van der Waals surface area contributed by atoms with E-state index in [4.69, 9.17) is 19.2 Å². The first kappa shape index (κ1) is 21.6. The van der Waals surface area contributed by atoms with Crippen molar-refractivity contribution in [3.05, 3.63) is 64.8 Å². The number of nitrogens with zero attached hydrogens (tertiary/aromatic N) is 2. The van der Waals surface area contributed by atoms with Crippen LogP contribution in [0.3, 0.4) is 0 Å². The van der Waals surface area contributed by atoms with E-state index in [2.05, 4.69) is 6.08 Å². The van der Waals surface area contributed by atoms with Gasteiger partial charge in [0.15, 0.2) is 18.1 Å². The number of ether oxygens (including phenoxy) is 3. The number of likely N-dealkylation sites (tertiary alicyclic amines) is 1. The molecule has 0 unspecified atom stereocenters. The largest absolute Gasteiger partial charge is 0.454 e. The van der Waals surface area contributed by atoms with Gasteiger partial charge in [0.05, 0.1) is 16.8 Å². The Morgan fingerprint density at radius 1 is 1.00 bits per heavy atom. The Bertz CT molecular complexity index is 1360. The Balaban J connectivity index is 1.32. The summed E-state index contributed by atoms with van der Waals surface area (Å²) in [4.78, 5) is 32.6. The van der Waals surface area contributed by atoms with E-state index in [-0.39, 0.29) is 19.3 Å². The number of carbonyl (C=O) groups is 2. The standard InChI is InChI=1S/C28H26N2O5/c31-25(30-12-4-1-5-13-30)16-33-28(32)26-20-6-2-3-7-22(20)29-27-19(9-10-21(26)27)14-18-8-11-23-24(15-18)35-17-34-23/h2-3,6-8,11,14-15H,1,4-5,9-10,12-13,16-17H2. The summed E-state index contributed by atoms with van der Waals surface area (Å²) >= 11 is 0. The summed E-state index contributed by atoms with van der Waals surface area (Å²) < 4.78 is 16.5. The molecule has 2 aromatic carbocycles. The molecular weight excluding hydrogens is 444 g/mol. The van der Waals surface area contributed by atoms with Crippen LogP contribution >= 0.6 is 0 Å². The van der Waals surface area contributed by atoms with Gasteiger partial charge < -0.3 is 19.1 Å². The number of rotatable bonds is 4. The summed E-state index contributed by atoms with van der Waals surface area (Å²) in [5.74, 6) is 0.880. The molecule has 1 amide bonds. The normalized spacial score (nSPS) is 17.6. The fraction of sp³-hybridized carbons (Fsp3) is 0.321. The number of allylic oxidation sites excluding steroid dienone is 1. The molecule has 0 atom stereocenters. The molecule has 7 heteroatoms. The average Bonchev–Trinajstić information content (AvgIpc) is 3.53. The minimum absolute atomic E-state index is 0.128. The quantitative estimate of drug-likeness (QED) is 0.518. The number of amides is 1. The molecule has 3 heterocycles. The van der Waals surface area contributed by atoms with E-state index in [1.165, 1.54) is 0 Å². The highest BCUT2D eigenvalue weighted by molar-refractivity contribution is 6.07. The minimum Gasteiger partial charge on any atom is -0.454 e. The third kappa shape index (κ3) is 4.11. The first-order valence-corrected chi connectivity index (χ1v) is 12.1. The summed E-state index contributed by atoms with van der Waals surface area (Å²) in [7, 11) is 0. The molecule has 1 fully saturated rings. The topological polar surface area (TPSA) is 78.0 Å². The maximum atomic E-state index is 13.3. The number of para-hydroxylation sites is 1. The fourth-order valence-electron chi connectivity index (χ4n) is 5.15. The fourth-order valence-corrected chi connectivity index (χ4v) is 5.15. The molecule has 0 saturated carbocycles. The molecule has 7 nitrogen and oxygen atoms in total. The number of aromatic nitrogens is 1. The van der Waals surface area contributed by atoms with Gasteiger partial charge in [0, 0.05) is 18.5 Å². The van der Waals surface area contributed by atoms with Crippen molar-refractivity contribution in [3.8, 4) is 11.5 Å². The van der Waals surface area contributed by atoms with Gasteiger partial charge in [-0.1, -0.05) is 24.3 Å². The van der Waals surface area contributed by atoms with E-state index in [1.807, 2.05) is 42.5 Å². The molecule has 0 bridgehead atoms. The molecule has 178 valence electrons. The molecule has 1 aromatic heterocycles. The van der Waals surface area contributed by atoms with Crippen LogP contribution in [-0.4, -0.2) is 48.2 Å². The number of hydrogen-bond donors (Lipinski definition) is 0. The van der Waals surface area contributed by atoms with Gasteiger partial charge in [-0.3, -0.25) is 4.79 Å². The summed E-state index contributed by atoms with van der Waals surface area (Å²) in [6.07, 6.45) is 6.68. The summed E-state index contributed by atoms with van der Waals surface area (Å²) in [6, 6.07) is 13.4. The summed E-state index contributed by atoms with van der Waals surface area (Å²) in [5, 5.41) is 0.756. The molecule has 2 aliphatic heterocycles. The van der Waals surface area contributed by atoms with Gasteiger partial charge in [-0.15, -0.1) is 0 Å². The predicted octanol–water partition coefficient (Wildman–Crippen LogP) is 4.62. The second-order valence-electron chi connectivity index (χ2n) is 9.13. The number of hydrogen-bond acceptors (Lipinski definition) is 6. The molecule has 35 heavy (non-hydrogen) atoms. The second kappa shape index (κ2) is 9.06. The summed E-state index contributed by atoms with van der Waals surface area (Å²) in [6.45, 7) is 1.47. The van der Waals surface area contributed by atoms with E-state index in [0.29, 0.717) is 12.0 Å². The van der Waals surface area contributed by atoms with Gasteiger partial charge in [-0.05, 0) is 73.1 Å². The lowest BCUT2D eigenvalue weighted by Crippen LogP contribution is -2.38. The van der Waals surface area contributed by atoms with Crippen LogP contribution in [-0.2, 0) is 16.0 Å². The molecule has 6 rings (SSSR count). The molecule has 3 aliphatic rings. The SMILES string of the molecule is O=C(OCC(=O)N1CCCCC1)c1c2c(nc3ccccc13)C(=Cc1ccc3c(c1)OCO3)CC2. The van der Waals surface area contributed by atoms with Crippen LogP contribution in [0.4, 0.5) is 0 Å². The molecule has 3 aromatic rings. The van der Waals surface area contributed by atoms with Gasteiger partial charge in [-0.2, -0.15) is 0 Å². The van der Waals surface area contributed by atoms with Gasteiger partial charge in [0.25, 0.3) is 5.91 Å². The number of fused-ring (bicyclic) bond motifs is 3. The molecule has 0 radical (unpaired) electrons. The first-order valence-electron chi connectivity index (χ1n) is 12.1. The van der Waals surface area contributed by atoms with E-state index in [9.17, 15) is 9.59 Å². The van der Waals surface area contributed by atoms with Crippen molar-refractivity contribution < 1.29 is 23.8 Å². The lowest BCUT2D eigenvalue weighted by atomic mass is 10.0. The molecule has 0 N–H and O–H groups in total. The zero-order chi connectivity index (χ0) is 23.8. The van der Waals surface area contributed by atoms with Crippen LogP contribution < -0.4 is 9.47 Å². The average molecular weight is 471 g/mol. The Labute approximate surface area is 203 Å². The van der Waals surface area contributed by atoms with Crippen LogP contribution in [0.5, 0.6) is 11.5 Å². The van der Waals surface area contributed by atoms with Gasteiger partial charge in [0.2, 0.25) is 6.79 Å². The number of piperidine rings is 1. The molecule has 0 spiro atoms. The second-order valence-corrected chi connectivity index (χ2v) is 9.13. The molecular formula is C28H26N2O5. The van der Waals surface area contributed by atoms with Crippen LogP contribution in [0.15, 0.2) is 42.5 Å². The van der Waals surface area contributed by atoms with Crippen molar-refractivity contribution in [1.82, 2.24) is 9.88 Å². The minimum atomic E-state index is -0.463. The van der Waals surface area contributed by atoms with E-state index < -0.39 is 5.97 Å². The smallest absolute Gasteiger partial charge is 0.339 e. The maximum absolute atomic E-state index is 13.3. The van der Waals surface area contributed by atoms with E-state index in [1.54, 1.807) is 4.90 Å². The van der Waals surface area contributed by atoms with Gasteiger partial charge in [0.1, 0.15) is 0 Å². The zero-order valence-electron chi connectivity index (χ0n) is 19.4. The highest BCUT2D eigenvalue weighted by Gasteiger charge is 2.28.